The normalized spacial score (nSPS) is 12.3. The summed E-state index contributed by atoms with van der Waals surface area (Å²) in [6.07, 6.45) is -0.653. The summed E-state index contributed by atoms with van der Waals surface area (Å²) in [7, 11) is 1.70. The van der Waals surface area contributed by atoms with Crippen molar-refractivity contribution in [2.24, 2.45) is 0 Å². The van der Waals surface area contributed by atoms with Gasteiger partial charge >= 0.3 is 0 Å². The largest absolute Gasteiger partial charge is 0.491 e. The molecule has 106 valence electrons. The highest BCUT2D eigenvalue weighted by Crippen LogP contribution is 2.19. The lowest BCUT2D eigenvalue weighted by Crippen LogP contribution is -2.34. The first-order chi connectivity index (χ1) is 9.02. The van der Waals surface area contributed by atoms with E-state index in [0.29, 0.717) is 5.75 Å². The van der Waals surface area contributed by atoms with Crippen LogP contribution in [0.5, 0.6) is 5.75 Å². The van der Waals surface area contributed by atoms with E-state index in [0.717, 1.165) is 5.56 Å². The second kappa shape index (κ2) is 7.76. The molecule has 1 amide bonds. The van der Waals surface area contributed by atoms with Crippen LogP contribution in [0.1, 0.15) is 25.5 Å². The Kier molecular flexibility index (Phi) is 6.32. The Morgan fingerprint density at radius 2 is 2.16 bits per heavy atom. The molecule has 0 heterocycles. The number of nitrogens with one attached hydrogen (secondary N) is 2. The first-order valence-electron chi connectivity index (χ1n) is 6.39. The topological polar surface area (TPSA) is 70.6 Å². The maximum absolute atomic E-state index is 11.3. The number of benzene rings is 1. The third-order valence-corrected chi connectivity index (χ3v) is 2.44. The summed E-state index contributed by atoms with van der Waals surface area (Å²) in [5.74, 6) is 0.573. The summed E-state index contributed by atoms with van der Waals surface area (Å²) in [4.78, 5) is 11.3. The minimum Gasteiger partial charge on any atom is -0.491 e. The summed E-state index contributed by atoms with van der Waals surface area (Å²) >= 11 is 0. The molecule has 5 heteroatoms. The molecule has 0 fully saturated rings. The summed E-state index contributed by atoms with van der Waals surface area (Å²) in [6.45, 7) is 4.32. The number of amides is 1. The fraction of sp³-hybridized carbons (Fsp3) is 0.500. The van der Waals surface area contributed by atoms with Crippen molar-refractivity contribution in [3.05, 3.63) is 29.8 Å². The molecule has 0 saturated carbocycles. The van der Waals surface area contributed by atoms with Crippen molar-refractivity contribution < 1.29 is 14.6 Å². The van der Waals surface area contributed by atoms with Gasteiger partial charge < -0.3 is 20.5 Å². The predicted molar refractivity (Wildman–Crippen MR) is 74.1 cm³/mol. The average Bonchev–Trinajstić information content (AvgIpc) is 2.36. The number of ether oxygens (including phenoxy) is 1. The number of hydrogen-bond donors (Lipinski definition) is 3. The van der Waals surface area contributed by atoms with Gasteiger partial charge in [0.2, 0.25) is 5.91 Å². The first kappa shape index (κ1) is 15.5. The molecule has 0 saturated heterocycles. The van der Waals surface area contributed by atoms with Crippen LogP contribution >= 0.6 is 0 Å². The highest BCUT2D eigenvalue weighted by atomic mass is 16.5. The molecule has 0 spiro atoms. The van der Waals surface area contributed by atoms with Crippen LogP contribution < -0.4 is 15.4 Å². The lowest BCUT2D eigenvalue weighted by Gasteiger charge is -2.15. The van der Waals surface area contributed by atoms with E-state index in [1.807, 2.05) is 32.0 Å². The van der Waals surface area contributed by atoms with E-state index in [1.165, 1.54) is 0 Å². The second-order valence-electron chi connectivity index (χ2n) is 4.59. The molecule has 0 bridgehead atoms. The Morgan fingerprint density at radius 1 is 1.42 bits per heavy atom. The molecule has 5 nitrogen and oxygen atoms in total. The van der Waals surface area contributed by atoms with Gasteiger partial charge in [0.1, 0.15) is 5.75 Å². The lowest BCUT2D eigenvalue weighted by molar-refractivity contribution is -0.120. The number of aliphatic hydroxyl groups excluding tert-OH is 1. The summed E-state index contributed by atoms with van der Waals surface area (Å²) < 4.78 is 5.56. The van der Waals surface area contributed by atoms with Crippen molar-refractivity contribution in [1.82, 2.24) is 10.6 Å². The molecule has 1 rings (SSSR count). The summed E-state index contributed by atoms with van der Waals surface area (Å²) in [5, 5.41) is 15.4. The van der Waals surface area contributed by atoms with E-state index in [2.05, 4.69) is 10.6 Å². The third-order valence-electron chi connectivity index (χ3n) is 2.44. The van der Waals surface area contributed by atoms with Gasteiger partial charge in [-0.2, -0.15) is 0 Å². The summed E-state index contributed by atoms with van der Waals surface area (Å²) in [5.41, 5.74) is 0.725. The van der Waals surface area contributed by atoms with Gasteiger partial charge in [0.25, 0.3) is 0 Å². The first-order valence-corrected chi connectivity index (χ1v) is 6.39. The number of carbonyl (C=O) groups excluding carboxylic acids is 1. The van der Waals surface area contributed by atoms with Gasteiger partial charge in [0.15, 0.2) is 0 Å². The van der Waals surface area contributed by atoms with Gasteiger partial charge in [-0.3, -0.25) is 4.79 Å². The van der Waals surface area contributed by atoms with E-state index in [-0.39, 0.29) is 25.1 Å². The Labute approximate surface area is 114 Å². The van der Waals surface area contributed by atoms with Crippen molar-refractivity contribution in [3.63, 3.8) is 0 Å². The van der Waals surface area contributed by atoms with Crippen molar-refractivity contribution in [2.75, 3.05) is 20.1 Å². The van der Waals surface area contributed by atoms with Gasteiger partial charge in [-0.25, -0.2) is 0 Å². The van der Waals surface area contributed by atoms with Gasteiger partial charge in [0, 0.05) is 6.54 Å². The Balaban J connectivity index is 2.56. The molecule has 1 unspecified atom stereocenters. The Bertz CT molecular complexity index is 407. The minimum atomic E-state index is -0.739. The van der Waals surface area contributed by atoms with Crippen molar-refractivity contribution in [3.8, 4) is 5.75 Å². The zero-order valence-corrected chi connectivity index (χ0v) is 11.6. The second-order valence-corrected chi connectivity index (χ2v) is 4.59. The maximum Gasteiger partial charge on any atom is 0.234 e. The van der Waals surface area contributed by atoms with E-state index in [1.54, 1.807) is 13.1 Å². The van der Waals surface area contributed by atoms with E-state index < -0.39 is 6.10 Å². The molecule has 0 aliphatic heterocycles. The quantitative estimate of drug-likeness (QED) is 0.684. The standard InChI is InChI=1S/C14H22N2O3/c1-10(2)19-12-6-4-5-11(7-12)13(17)8-16-14(18)9-15-3/h4-7,10,13,15,17H,8-9H2,1-3H3,(H,16,18). The van der Waals surface area contributed by atoms with E-state index in [4.69, 9.17) is 4.74 Å². The summed E-state index contributed by atoms with van der Waals surface area (Å²) in [6, 6.07) is 7.26. The molecule has 0 aromatic heterocycles. The fourth-order valence-corrected chi connectivity index (χ4v) is 1.62. The Morgan fingerprint density at radius 3 is 2.79 bits per heavy atom. The number of aliphatic hydroxyl groups is 1. The molecule has 3 N–H and O–H groups in total. The molecular formula is C14H22N2O3. The molecule has 19 heavy (non-hydrogen) atoms. The highest BCUT2D eigenvalue weighted by molar-refractivity contribution is 5.77. The van der Waals surface area contributed by atoms with Crippen molar-refractivity contribution in [2.45, 2.75) is 26.1 Å². The zero-order chi connectivity index (χ0) is 14.3. The van der Waals surface area contributed by atoms with Crippen LogP contribution in [0.25, 0.3) is 0 Å². The van der Waals surface area contributed by atoms with E-state index >= 15 is 0 Å². The monoisotopic (exact) mass is 266 g/mol. The lowest BCUT2D eigenvalue weighted by atomic mass is 10.1. The van der Waals surface area contributed by atoms with Crippen LogP contribution in [-0.4, -0.2) is 37.3 Å². The third kappa shape index (κ3) is 5.72. The SMILES string of the molecule is CNCC(=O)NCC(O)c1cccc(OC(C)C)c1. The Hall–Kier alpha value is -1.59. The van der Waals surface area contributed by atoms with Crippen LogP contribution in [0.3, 0.4) is 0 Å². The van der Waals surface area contributed by atoms with Crippen molar-refractivity contribution >= 4 is 5.91 Å². The molecule has 1 aromatic carbocycles. The van der Waals surface area contributed by atoms with E-state index in [9.17, 15) is 9.90 Å². The average molecular weight is 266 g/mol. The van der Waals surface area contributed by atoms with Gasteiger partial charge in [-0.05, 0) is 38.6 Å². The maximum atomic E-state index is 11.3. The smallest absolute Gasteiger partial charge is 0.234 e. The van der Waals surface area contributed by atoms with Crippen LogP contribution in [-0.2, 0) is 4.79 Å². The van der Waals surface area contributed by atoms with Crippen LogP contribution in [0.4, 0.5) is 0 Å². The number of carbonyl (C=O) groups is 1. The fourth-order valence-electron chi connectivity index (χ4n) is 1.62. The number of hydrogen-bond acceptors (Lipinski definition) is 4. The van der Waals surface area contributed by atoms with Crippen LogP contribution in [0.15, 0.2) is 24.3 Å². The minimum absolute atomic E-state index is 0.0859. The number of likely N-dealkylation sites (N-methyl/N-ethyl adjacent to an activating group) is 1. The molecular weight excluding hydrogens is 244 g/mol. The van der Waals surface area contributed by atoms with Crippen LogP contribution in [0, 0.1) is 0 Å². The van der Waals surface area contributed by atoms with Gasteiger partial charge in [-0.15, -0.1) is 0 Å². The molecule has 0 aliphatic carbocycles. The highest BCUT2D eigenvalue weighted by Gasteiger charge is 2.10. The van der Waals surface area contributed by atoms with Gasteiger partial charge in [0.05, 0.1) is 18.8 Å². The molecule has 1 aromatic rings. The van der Waals surface area contributed by atoms with Crippen molar-refractivity contribution in [1.29, 1.82) is 0 Å². The molecule has 0 radical (unpaired) electrons. The van der Waals surface area contributed by atoms with Gasteiger partial charge in [-0.1, -0.05) is 12.1 Å². The zero-order valence-electron chi connectivity index (χ0n) is 11.6. The van der Waals surface area contributed by atoms with Crippen LogP contribution in [0.2, 0.25) is 0 Å². The predicted octanol–water partition coefficient (Wildman–Crippen LogP) is 0.843. The number of rotatable bonds is 7. The molecule has 0 aliphatic rings. The molecule has 1 atom stereocenters.